The van der Waals surface area contributed by atoms with Crippen LogP contribution in [0.15, 0.2) is 24.4 Å². The van der Waals surface area contributed by atoms with Gasteiger partial charge in [0, 0.05) is 12.6 Å². The maximum Gasteiger partial charge on any atom is 0.134 e. The molecule has 1 heterocycles. The number of benzene rings is 1. The summed E-state index contributed by atoms with van der Waals surface area (Å²) in [6.07, 6.45) is 0.934. The average Bonchev–Trinajstić information content (AvgIpc) is 2.73. The van der Waals surface area contributed by atoms with Gasteiger partial charge in [-0.1, -0.05) is 5.21 Å². The van der Waals surface area contributed by atoms with Crippen molar-refractivity contribution in [2.75, 3.05) is 0 Å². The van der Waals surface area contributed by atoms with Crippen molar-refractivity contribution in [3.05, 3.63) is 41.5 Å². The summed E-state index contributed by atoms with van der Waals surface area (Å²) < 4.78 is 20.2. The summed E-state index contributed by atoms with van der Waals surface area (Å²) in [5, 5.41) is 17.2. The van der Waals surface area contributed by atoms with Crippen LogP contribution in [0.25, 0.3) is 0 Å². The molecule has 2 rings (SSSR count). The smallest absolute Gasteiger partial charge is 0.134 e. The lowest BCUT2D eigenvalue weighted by Crippen LogP contribution is -2.02. The molecule has 1 atom stereocenters. The molecule has 1 aromatic heterocycles. The van der Waals surface area contributed by atoms with Gasteiger partial charge in [0.25, 0.3) is 0 Å². The monoisotopic (exact) mass is 251 g/mol. The molecule has 0 spiro atoms. The maximum atomic E-state index is 13.1. The molecule has 0 saturated heterocycles. The van der Waals surface area contributed by atoms with Crippen molar-refractivity contribution in [2.24, 2.45) is 7.05 Å². The minimum absolute atomic E-state index is 0.221. The fraction of sp³-hybridized carbons (Fsp3) is 0.333. The maximum absolute atomic E-state index is 13.1. The molecule has 0 amide bonds. The van der Waals surface area contributed by atoms with Crippen LogP contribution < -0.4 is 4.74 Å². The molecule has 1 unspecified atom stereocenters. The molecule has 0 aliphatic heterocycles. The highest BCUT2D eigenvalue weighted by Gasteiger charge is 2.11. The summed E-state index contributed by atoms with van der Waals surface area (Å²) in [7, 11) is 1.76. The molecule has 0 aliphatic carbocycles. The SMILES string of the molecule is CC(O)c1cc(F)ccc1OCc1cn(C)nn1. The lowest BCUT2D eigenvalue weighted by atomic mass is 10.1. The van der Waals surface area contributed by atoms with Crippen molar-refractivity contribution in [3.63, 3.8) is 0 Å². The van der Waals surface area contributed by atoms with Crippen molar-refractivity contribution in [3.8, 4) is 5.75 Å². The van der Waals surface area contributed by atoms with Crippen molar-refractivity contribution in [2.45, 2.75) is 19.6 Å². The molecule has 0 saturated carbocycles. The number of ether oxygens (including phenoxy) is 1. The second-order valence-corrected chi connectivity index (χ2v) is 4.03. The number of nitrogens with zero attached hydrogens (tertiary/aromatic N) is 3. The van der Waals surface area contributed by atoms with Crippen LogP contribution in [0.4, 0.5) is 4.39 Å². The molecule has 5 nitrogen and oxygen atoms in total. The number of hydrogen-bond donors (Lipinski definition) is 1. The molecule has 6 heteroatoms. The highest BCUT2D eigenvalue weighted by Crippen LogP contribution is 2.26. The Bertz CT molecular complexity index is 540. The van der Waals surface area contributed by atoms with E-state index in [4.69, 9.17) is 4.74 Å². The van der Waals surface area contributed by atoms with Crippen molar-refractivity contribution in [1.29, 1.82) is 0 Å². The Kier molecular flexibility index (Phi) is 3.57. The van der Waals surface area contributed by atoms with Gasteiger partial charge in [0.05, 0.1) is 12.3 Å². The Morgan fingerprint density at radius 1 is 1.50 bits per heavy atom. The Balaban J connectivity index is 2.13. The van der Waals surface area contributed by atoms with E-state index < -0.39 is 11.9 Å². The lowest BCUT2D eigenvalue weighted by molar-refractivity contribution is 0.189. The van der Waals surface area contributed by atoms with Crippen LogP contribution in [0.2, 0.25) is 0 Å². The van der Waals surface area contributed by atoms with E-state index in [0.717, 1.165) is 0 Å². The predicted octanol–water partition coefficient (Wildman–Crippen LogP) is 1.59. The van der Waals surface area contributed by atoms with E-state index >= 15 is 0 Å². The van der Waals surface area contributed by atoms with Crippen LogP contribution in [0.1, 0.15) is 24.3 Å². The molecule has 0 fully saturated rings. The van der Waals surface area contributed by atoms with Gasteiger partial charge in [-0.2, -0.15) is 0 Å². The van der Waals surface area contributed by atoms with Crippen LogP contribution in [-0.2, 0) is 13.7 Å². The van der Waals surface area contributed by atoms with E-state index in [1.165, 1.54) is 18.2 Å². The first-order valence-corrected chi connectivity index (χ1v) is 5.52. The van der Waals surface area contributed by atoms with Crippen molar-refractivity contribution >= 4 is 0 Å². The first-order chi connectivity index (χ1) is 8.56. The van der Waals surface area contributed by atoms with E-state index in [0.29, 0.717) is 17.0 Å². The molecule has 96 valence electrons. The van der Waals surface area contributed by atoms with Crippen molar-refractivity contribution < 1.29 is 14.2 Å². The molecule has 0 radical (unpaired) electrons. The molecule has 0 bridgehead atoms. The van der Waals surface area contributed by atoms with E-state index in [-0.39, 0.29) is 6.61 Å². The van der Waals surface area contributed by atoms with E-state index in [9.17, 15) is 9.50 Å². The summed E-state index contributed by atoms with van der Waals surface area (Å²) >= 11 is 0. The normalized spacial score (nSPS) is 12.4. The molecule has 18 heavy (non-hydrogen) atoms. The fourth-order valence-corrected chi connectivity index (χ4v) is 1.59. The minimum Gasteiger partial charge on any atom is -0.487 e. The quantitative estimate of drug-likeness (QED) is 0.896. The van der Waals surface area contributed by atoms with Gasteiger partial charge in [-0.05, 0) is 25.1 Å². The van der Waals surface area contributed by atoms with Gasteiger partial charge in [-0.15, -0.1) is 5.10 Å². The third kappa shape index (κ3) is 2.84. The zero-order valence-electron chi connectivity index (χ0n) is 10.2. The Morgan fingerprint density at radius 2 is 2.28 bits per heavy atom. The van der Waals surface area contributed by atoms with Crippen LogP contribution in [0.3, 0.4) is 0 Å². The minimum atomic E-state index is -0.794. The zero-order valence-corrected chi connectivity index (χ0v) is 10.2. The van der Waals surface area contributed by atoms with E-state index in [1.807, 2.05) is 0 Å². The Morgan fingerprint density at radius 3 is 2.89 bits per heavy atom. The summed E-state index contributed by atoms with van der Waals surface area (Å²) in [4.78, 5) is 0. The third-order valence-electron chi connectivity index (χ3n) is 2.45. The van der Waals surface area contributed by atoms with Crippen LogP contribution in [-0.4, -0.2) is 20.1 Å². The third-order valence-corrected chi connectivity index (χ3v) is 2.45. The van der Waals surface area contributed by atoms with Gasteiger partial charge >= 0.3 is 0 Å². The number of aliphatic hydroxyl groups is 1. The first kappa shape index (κ1) is 12.5. The van der Waals surface area contributed by atoms with E-state index in [2.05, 4.69) is 10.3 Å². The van der Waals surface area contributed by atoms with Crippen LogP contribution in [0.5, 0.6) is 5.75 Å². The van der Waals surface area contributed by atoms with Gasteiger partial charge in [0.1, 0.15) is 23.9 Å². The fourth-order valence-electron chi connectivity index (χ4n) is 1.59. The summed E-state index contributed by atoms with van der Waals surface area (Å²) in [5.41, 5.74) is 1.08. The standard InChI is InChI=1S/C12H14FN3O2/c1-8(17)11-5-9(13)3-4-12(11)18-7-10-6-16(2)15-14-10/h3-6,8,17H,7H2,1-2H3. The zero-order chi connectivity index (χ0) is 13.1. The highest BCUT2D eigenvalue weighted by atomic mass is 19.1. The average molecular weight is 251 g/mol. The number of rotatable bonds is 4. The number of aromatic nitrogens is 3. The molecular weight excluding hydrogens is 237 g/mol. The second kappa shape index (κ2) is 5.14. The first-order valence-electron chi connectivity index (χ1n) is 5.52. The molecule has 1 N–H and O–H groups in total. The number of aryl methyl sites for hydroxylation is 1. The van der Waals surface area contributed by atoms with Gasteiger partial charge in [-0.25, -0.2) is 4.39 Å². The van der Waals surface area contributed by atoms with Gasteiger partial charge in [-0.3, -0.25) is 4.68 Å². The summed E-state index contributed by atoms with van der Waals surface area (Å²) in [6, 6.07) is 4.04. The van der Waals surface area contributed by atoms with Crippen LogP contribution in [0, 0.1) is 5.82 Å². The molecule has 1 aromatic carbocycles. The largest absolute Gasteiger partial charge is 0.487 e. The number of halogens is 1. The molecular formula is C12H14FN3O2. The van der Waals surface area contributed by atoms with Crippen molar-refractivity contribution in [1.82, 2.24) is 15.0 Å². The second-order valence-electron chi connectivity index (χ2n) is 4.03. The highest BCUT2D eigenvalue weighted by molar-refractivity contribution is 5.35. The molecule has 0 aliphatic rings. The van der Waals surface area contributed by atoms with Gasteiger partial charge in [0.2, 0.25) is 0 Å². The Labute approximate surface area is 104 Å². The Hall–Kier alpha value is -1.95. The summed E-state index contributed by atoms with van der Waals surface area (Å²) in [5.74, 6) is 0.0369. The van der Waals surface area contributed by atoms with E-state index in [1.54, 1.807) is 24.9 Å². The topological polar surface area (TPSA) is 60.2 Å². The van der Waals surface area contributed by atoms with Gasteiger partial charge < -0.3 is 9.84 Å². The predicted molar refractivity (Wildman–Crippen MR) is 62.4 cm³/mol. The molecule has 2 aromatic rings. The number of hydrogen-bond acceptors (Lipinski definition) is 4. The lowest BCUT2D eigenvalue weighted by Gasteiger charge is -2.12. The van der Waals surface area contributed by atoms with Gasteiger partial charge in [0.15, 0.2) is 0 Å². The number of aliphatic hydroxyl groups excluding tert-OH is 1. The van der Waals surface area contributed by atoms with Crippen LogP contribution >= 0.6 is 0 Å². The summed E-state index contributed by atoms with van der Waals surface area (Å²) in [6.45, 7) is 1.78.